The second-order valence-electron chi connectivity index (χ2n) is 8.29. The fourth-order valence-electron chi connectivity index (χ4n) is 5.38. The normalized spacial score (nSPS) is 30.3. The van der Waals surface area contributed by atoms with Crippen LogP contribution in [0.4, 0.5) is 0 Å². The van der Waals surface area contributed by atoms with Crippen LogP contribution >= 0.6 is 15.9 Å². The van der Waals surface area contributed by atoms with Crippen LogP contribution in [0.5, 0.6) is 5.75 Å². The van der Waals surface area contributed by atoms with Crippen LogP contribution in [-0.4, -0.2) is 28.5 Å². The van der Waals surface area contributed by atoms with Crippen LogP contribution in [0.3, 0.4) is 0 Å². The van der Waals surface area contributed by atoms with Gasteiger partial charge < -0.3 is 5.11 Å². The number of rotatable bonds is 1. The minimum Gasteiger partial charge on any atom is -0.508 e. The van der Waals surface area contributed by atoms with Gasteiger partial charge in [0.2, 0.25) is 11.8 Å². The zero-order valence-corrected chi connectivity index (χ0v) is 17.7. The molecular weight excluding hydrogens is 450 g/mol. The molecule has 6 nitrogen and oxygen atoms in total. The summed E-state index contributed by atoms with van der Waals surface area (Å²) in [6.45, 7) is 1.61. The predicted molar refractivity (Wildman–Crippen MR) is 110 cm³/mol. The molecule has 0 aromatic heterocycles. The first-order valence-electron chi connectivity index (χ1n) is 9.81. The molecule has 3 aliphatic carbocycles. The predicted octanol–water partition coefficient (Wildman–Crippen LogP) is 2.87. The molecule has 152 valence electrons. The Labute approximate surface area is 180 Å². The summed E-state index contributed by atoms with van der Waals surface area (Å²) in [5, 5.41) is 13.1. The Hall–Kier alpha value is -2.80. The molecular formula is C23H18BrNO5. The molecule has 0 bridgehead atoms. The average Bonchev–Trinajstić information content (AvgIpc) is 3.00. The Balaban J connectivity index is 1.75. The Kier molecular flexibility index (Phi) is 4.22. The number of nitrogens with one attached hydrogen (secondary N) is 1. The van der Waals surface area contributed by atoms with Crippen LogP contribution in [-0.2, 0) is 19.2 Å². The van der Waals surface area contributed by atoms with E-state index < -0.39 is 17.8 Å². The SMILES string of the molecule is CC1=CC(=O)C2=C(C1=O)C(c1cc(Br)ccc1O)C1=CCC3C(=O)NC(=O)C3C1C2. The highest BCUT2D eigenvalue weighted by Gasteiger charge is 2.53. The second kappa shape index (κ2) is 6.60. The van der Waals surface area contributed by atoms with E-state index in [1.54, 1.807) is 25.1 Å². The number of allylic oxidation sites excluding steroid dienone is 6. The van der Waals surface area contributed by atoms with Crippen molar-refractivity contribution in [3.63, 3.8) is 0 Å². The van der Waals surface area contributed by atoms with Crippen molar-refractivity contribution in [2.24, 2.45) is 17.8 Å². The molecule has 0 spiro atoms. The van der Waals surface area contributed by atoms with Crippen molar-refractivity contribution in [3.8, 4) is 5.75 Å². The zero-order valence-electron chi connectivity index (χ0n) is 16.1. The highest BCUT2D eigenvalue weighted by Crippen LogP contribution is 2.55. The topological polar surface area (TPSA) is 101 Å². The lowest BCUT2D eigenvalue weighted by Gasteiger charge is -2.42. The van der Waals surface area contributed by atoms with E-state index in [4.69, 9.17) is 0 Å². The highest BCUT2D eigenvalue weighted by atomic mass is 79.9. The minimum absolute atomic E-state index is 0.0122. The summed E-state index contributed by atoms with van der Waals surface area (Å²) in [7, 11) is 0. The maximum Gasteiger partial charge on any atom is 0.231 e. The van der Waals surface area contributed by atoms with Gasteiger partial charge in [0, 0.05) is 32.7 Å². The van der Waals surface area contributed by atoms with Gasteiger partial charge >= 0.3 is 0 Å². The van der Waals surface area contributed by atoms with E-state index in [9.17, 15) is 24.3 Å². The van der Waals surface area contributed by atoms with Gasteiger partial charge in [0.05, 0.1) is 11.8 Å². The van der Waals surface area contributed by atoms with Gasteiger partial charge in [-0.2, -0.15) is 0 Å². The van der Waals surface area contributed by atoms with Gasteiger partial charge in [-0.15, -0.1) is 0 Å². The van der Waals surface area contributed by atoms with Crippen LogP contribution in [0.25, 0.3) is 0 Å². The number of carbonyl (C=O) groups excluding carboxylic acids is 4. The van der Waals surface area contributed by atoms with Crippen molar-refractivity contribution < 1.29 is 24.3 Å². The van der Waals surface area contributed by atoms with E-state index in [0.29, 0.717) is 28.7 Å². The molecule has 0 saturated carbocycles. The van der Waals surface area contributed by atoms with Crippen LogP contribution in [0.2, 0.25) is 0 Å². The van der Waals surface area contributed by atoms with Gasteiger partial charge in [-0.3, -0.25) is 24.5 Å². The number of halogens is 1. The van der Waals surface area contributed by atoms with Crippen molar-refractivity contribution in [2.75, 3.05) is 0 Å². The van der Waals surface area contributed by atoms with Crippen molar-refractivity contribution >= 4 is 39.3 Å². The second-order valence-corrected chi connectivity index (χ2v) is 9.20. The fourth-order valence-corrected chi connectivity index (χ4v) is 5.76. The molecule has 4 unspecified atom stereocenters. The van der Waals surface area contributed by atoms with E-state index in [2.05, 4.69) is 21.2 Å². The quantitative estimate of drug-likeness (QED) is 0.375. The molecule has 4 atom stereocenters. The van der Waals surface area contributed by atoms with E-state index in [-0.39, 0.29) is 41.5 Å². The lowest BCUT2D eigenvalue weighted by atomic mass is 9.59. The third-order valence-electron chi connectivity index (χ3n) is 6.71. The number of hydrogen-bond acceptors (Lipinski definition) is 5. The summed E-state index contributed by atoms with van der Waals surface area (Å²) >= 11 is 3.42. The molecule has 1 aromatic rings. The summed E-state index contributed by atoms with van der Waals surface area (Å²) in [5.74, 6) is -3.11. The molecule has 7 heteroatoms. The van der Waals surface area contributed by atoms with Crippen LogP contribution in [0.1, 0.15) is 31.2 Å². The first-order valence-corrected chi connectivity index (χ1v) is 10.6. The smallest absolute Gasteiger partial charge is 0.231 e. The van der Waals surface area contributed by atoms with Crippen molar-refractivity contribution in [1.29, 1.82) is 0 Å². The standard InChI is InChI=1S/C23H18BrNO5/c1-9-6-17(27)15-8-13-11(3-4-12-19(13)23(30)25-22(12)29)18(20(15)21(9)28)14-7-10(24)2-5-16(14)26/h2-3,5-7,12-13,18-19,26H,4,8H2,1H3,(H,25,29,30). The molecule has 1 aromatic carbocycles. The lowest BCUT2D eigenvalue weighted by Crippen LogP contribution is -2.39. The number of carbonyl (C=O) groups is 4. The Morgan fingerprint density at radius 1 is 1.10 bits per heavy atom. The summed E-state index contributed by atoms with van der Waals surface area (Å²) < 4.78 is 0.726. The maximum atomic E-state index is 13.2. The first kappa shape index (κ1) is 19.2. The van der Waals surface area contributed by atoms with E-state index >= 15 is 0 Å². The van der Waals surface area contributed by atoms with Gasteiger partial charge in [0.25, 0.3) is 0 Å². The molecule has 1 heterocycles. The number of phenolic OH excluding ortho intramolecular Hbond substituents is 1. The number of benzene rings is 1. The van der Waals surface area contributed by atoms with Crippen LogP contribution in [0.15, 0.2) is 57.1 Å². The minimum atomic E-state index is -0.638. The number of Topliss-reactive ketones (excluding diaryl/α,β-unsaturated/α-hetero) is 1. The molecule has 2 amide bonds. The molecule has 30 heavy (non-hydrogen) atoms. The van der Waals surface area contributed by atoms with Crippen LogP contribution < -0.4 is 5.32 Å². The molecule has 1 fully saturated rings. The van der Waals surface area contributed by atoms with Gasteiger partial charge in [0.1, 0.15) is 5.75 Å². The number of imide groups is 1. The lowest BCUT2D eigenvalue weighted by molar-refractivity contribution is -0.126. The monoisotopic (exact) mass is 467 g/mol. The number of fused-ring (bicyclic) bond motifs is 3. The number of amides is 2. The van der Waals surface area contributed by atoms with E-state index in [0.717, 1.165) is 10.0 Å². The number of ketones is 2. The Morgan fingerprint density at radius 2 is 1.87 bits per heavy atom. The number of hydrogen-bond donors (Lipinski definition) is 2. The van der Waals surface area contributed by atoms with Gasteiger partial charge in [-0.25, -0.2) is 0 Å². The van der Waals surface area contributed by atoms with Crippen molar-refractivity contribution in [1.82, 2.24) is 5.32 Å². The van der Waals surface area contributed by atoms with Gasteiger partial charge in [-0.1, -0.05) is 27.6 Å². The number of phenols is 1. The molecule has 5 rings (SSSR count). The average molecular weight is 468 g/mol. The number of aromatic hydroxyl groups is 1. The van der Waals surface area contributed by atoms with Crippen molar-refractivity contribution in [3.05, 3.63) is 62.7 Å². The molecule has 1 aliphatic heterocycles. The maximum absolute atomic E-state index is 13.2. The zero-order chi connectivity index (χ0) is 21.3. The Morgan fingerprint density at radius 3 is 2.63 bits per heavy atom. The molecule has 1 saturated heterocycles. The summed E-state index contributed by atoms with van der Waals surface area (Å²) in [5.41, 5.74) is 2.44. The molecule has 4 aliphatic rings. The van der Waals surface area contributed by atoms with Gasteiger partial charge in [-0.05, 0) is 50.0 Å². The Bertz CT molecular complexity index is 1160. The van der Waals surface area contributed by atoms with Crippen molar-refractivity contribution in [2.45, 2.75) is 25.7 Å². The van der Waals surface area contributed by atoms with E-state index in [1.807, 2.05) is 6.08 Å². The first-order chi connectivity index (χ1) is 14.3. The summed E-state index contributed by atoms with van der Waals surface area (Å²) in [6, 6.07) is 4.98. The van der Waals surface area contributed by atoms with E-state index in [1.165, 1.54) is 6.08 Å². The highest BCUT2D eigenvalue weighted by molar-refractivity contribution is 9.10. The third-order valence-corrected chi connectivity index (χ3v) is 7.20. The fraction of sp³-hybridized carbons (Fsp3) is 0.304. The van der Waals surface area contributed by atoms with Crippen LogP contribution in [0, 0.1) is 17.8 Å². The summed E-state index contributed by atoms with van der Waals surface area (Å²) in [4.78, 5) is 50.9. The molecule has 2 N–H and O–H groups in total. The summed E-state index contributed by atoms with van der Waals surface area (Å²) in [6.07, 6.45) is 3.89. The third kappa shape index (κ3) is 2.61. The van der Waals surface area contributed by atoms with Gasteiger partial charge in [0.15, 0.2) is 11.6 Å². The molecule has 0 radical (unpaired) electrons. The largest absolute Gasteiger partial charge is 0.508 e.